The monoisotopic (exact) mass is 1110 g/mol. The first-order valence-corrected chi connectivity index (χ1v) is 34.9. The van der Waals surface area contributed by atoms with Crippen LogP contribution in [0.2, 0.25) is 0 Å². The van der Waals surface area contributed by atoms with Crippen molar-refractivity contribution in [2.75, 3.05) is 13.2 Å². The fourth-order valence-electron chi connectivity index (χ4n) is 11.6. The highest BCUT2D eigenvalue weighted by Crippen LogP contribution is 2.24. The Kier molecular flexibility index (Phi) is 56.8. The van der Waals surface area contributed by atoms with Crippen molar-refractivity contribution in [1.82, 2.24) is 5.32 Å². The van der Waals surface area contributed by atoms with E-state index in [0.29, 0.717) is 6.42 Å². The van der Waals surface area contributed by atoms with E-state index in [-0.39, 0.29) is 12.5 Å². The number of nitrogens with one attached hydrogen (secondary N) is 1. The van der Waals surface area contributed by atoms with Crippen molar-refractivity contribution in [3.8, 4) is 0 Å². The van der Waals surface area contributed by atoms with Gasteiger partial charge in [-0.2, -0.15) is 0 Å². The third-order valence-corrected chi connectivity index (χ3v) is 17.1. The molecule has 1 aliphatic rings. The molecule has 1 heterocycles. The van der Waals surface area contributed by atoms with Gasteiger partial charge in [-0.3, -0.25) is 4.79 Å². The van der Waals surface area contributed by atoms with Crippen LogP contribution in [0.5, 0.6) is 0 Å². The first-order valence-electron chi connectivity index (χ1n) is 34.9. The lowest BCUT2D eigenvalue weighted by Gasteiger charge is -2.40. The van der Waals surface area contributed by atoms with E-state index in [1.807, 2.05) is 6.08 Å². The van der Waals surface area contributed by atoms with Gasteiger partial charge in [-0.15, -0.1) is 0 Å². The SMILES string of the molecule is CCCCCCCCCCCCCCCCCCCCC/C=C/C(O)C(COC1OC(CO)C(O)C(O)C1O)NC(=O)CCCCCCCCCCCCCCCCCCCCCCCCCCCCCCCCCCCC. The predicted octanol–water partition coefficient (Wildman–Crippen LogP) is 18.7. The molecule has 9 nitrogen and oxygen atoms in total. The van der Waals surface area contributed by atoms with Crippen LogP contribution in [0.4, 0.5) is 0 Å². The number of aliphatic hydroxyl groups excluding tert-OH is 5. The van der Waals surface area contributed by atoms with E-state index in [1.54, 1.807) is 6.08 Å². The molecule has 1 saturated heterocycles. The smallest absolute Gasteiger partial charge is 0.220 e. The molecule has 0 aromatic heterocycles. The Bertz CT molecular complexity index is 1240. The third kappa shape index (κ3) is 47.4. The van der Waals surface area contributed by atoms with E-state index >= 15 is 0 Å². The molecule has 9 heteroatoms. The number of ether oxygens (including phenoxy) is 2. The summed E-state index contributed by atoms with van der Waals surface area (Å²) >= 11 is 0. The Balaban J connectivity index is 2.08. The molecule has 78 heavy (non-hydrogen) atoms. The number of carbonyl (C=O) groups is 1. The van der Waals surface area contributed by atoms with Crippen molar-refractivity contribution in [3.63, 3.8) is 0 Å². The van der Waals surface area contributed by atoms with E-state index < -0.39 is 49.5 Å². The summed E-state index contributed by atoms with van der Waals surface area (Å²) in [5.41, 5.74) is 0. The Morgan fingerprint density at radius 1 is 0.423 bits per heavy atom. The molecule has 1 rings (SSSR count). The molecule has 0 bridgehead atoms. The number of hydrogen-bond acceptors (Lipinski definition) is 8. The van der Waals surface area contributed by atoms with Crippen LogP contribution in [0.1, 0.15) is 367 Å². The van der Waals surface area contributed by atoms with Crippen molar-refractivity contribution in [1.29, 1.82) is 0 Å². The zero-order chi connectivity index (χ0) is 56.5. The Morgan fingerprint density at radius 3 is 1.00 bits per heavy atom. The van der Waals surface area contributed by atoms with Gasteiger partial charge in [-0.25, -0.2) is 0 Å². The molecule has 0 aromatic rings. The summed E-state index contributed by atoms with van der Waals surface area (Å²) in [4.78, 5) is 13.1. The van der Waals surface area contributed by atoms with Gasteiger partial charge in [-0.05, 0) is 19.3 Å². The lowest BCUT2D eigenvalue weighted by Crippen LogP contribution is -2.60. The number of hydrogen-bond donors (Lipinski definition) is 6. The van der Waals surface area contributed by atoms with Crippen molar-refractivity contribution < 1.29 is 39.8 Å². The quantitative estimate of drug-likeness (QED) is 0.0261. The molecule has 0 radical (unpaired) electrons. The molecule has 0 saturated carbocycles. The lowest BCUT2D eigenvalue weighted by molar-refractivity contribution is -0.302. The molecule has 7 atom stereocenters. The van der Waals surface area contributed by atoms with Crippen LogP contribution in [0, 0.1) is 0 Å². The van der Waals surface area contributed by atoms with Gasteiger partial charge in [0.1, 0.15) is 24.4 Å². The van der Waals surface area contributed by atoms with Gasteiger partial charge < -0.3 is 40.3 Å². The van der Waals surface area contributed by atoms with Crippen molar-refractivity contribution in [2.45, 2.75) is 410 Å². The van der Waals surface area contributed by atoms with Crippen LogP contribution in [-0.4, -0.2) is 87.5 Å². The van der Waals surface area contributed by atoms with Gasteiger partial charge in [-0.1, -0.05) is 353 Å². The molecule has 0 aromatic carbocycles. The fourth-order valence-corrected chi connectivity index (χ4v) is 11.6. The van der Waals surface area contributed by atoms with E-state index in [9.17, 15) is 30.3 Å². The van der Waals surface area contributed by atoms with Crippen molar-refractivity contribution in [3.05, 3.63) is 12.2 Å². The fraction of sp³-hybridized carbons (Fsp3) is 0.957. The third-order valence-electron chi connectivity index (χ3n) is 17.1. The van der Waals surface area contributed by atoms with Crippen LogP contribution in [0.3, 0.4) is 0 Å². The summed E-state index contributed by atoms with van der Waals surface area (Å²) in [5.74, 6) is -0.167. The van der Waals surface area contributed by atoms with E-state index in [4.69, 9.17) is 9.47 Å². The summed E-state index contributed by atoms with van der Waals surface area (Å²) in [6.45, 7) is 3.84. The number of unbranched alkanes of at least 4 members (excludes halogenated alkanes) is 52. The van der Waals surface area contributed by atoms with E-state index in [0.717, 1.165) is 38.5 Å². The van der Waals surface area contributed by atoms with Crippen LogP contribution >= 0.6 is 0 Å². The van der Waals surface area contributed by atoms with Crippen LogP contribution in [0.25, 0.3) is 0 Å². The number of aliphatic hydroxyl groups is 5. The highest BCUT2D eigenvalue weighted by Gasteiger charge is 2.44. The van der Waals surface area contributed by atoms with Crippen LogP contribution in [-0.2, 0) is 14.3 Å². The Hall–Kier alpha value is -1.07. The van der Waals surface area contributed by atoms with Gasteiger partial charge in [0, 0.05) is 6.42 Å². The molecule has 1 amide bonds. The van der Waals surface area contributed by atoms with Crippen LogP contribution < -0.4 is 5.32 Å². The summed E-state index contributed by atoms with van der Waals surface area (Å²) in [7, 11) is 0. The average Bonchev–Trinajstić information content (AvgIpc) is 3.45. The van der Waals surface area contributed by atoms with Crippen LogP contribution in [0.15, 0.2) is 12.2 Å². The second-order valence-electron chi connectivity index (χ2n) is 24.7. The van der Waals surface area contributed by atoms with E-state index in [2.05, 4.69) is 19.2 Å². The largest absolute Gasteiger partial charge is 0.394 e. The maximum Gasteiger partial charge on any atom is 0.220 e. The van der Waals surface area contributed by atoms with E-state index in [1.165, 1.54) is 308 Å². The molecule has 0 spiro atoms. The zero-order valence-corrected chi connectivity index (χ0v) is 52.0. The zero-order valence-electron chi connectivity index (χ0n) is 52.0. The van der Waals surface area contributed by atoms with Gasteiger partial charge in [0.2, 0.25) is 5.91 Å². The molecule has 0 aliphatic carbocycles. The van der Waals surface area contributed by atoms with Gasteiger partial charge in [0.05, 0.1) is 25.4 Å². The minimum absolute atomic E-state index is 0.167. The lowest BCUT2D eigenvalue weighted by atomic mass is 9.99. The minimum atomic E-state index is -1.56. The molecule has 7 unspecified atom stereocenters. The molecule has 1 aliphatic heterocycles. The molecular weight excluding hydrogens is 971 g/mol. The minimum Gasteiger partial charge on any atom is -0.394 e. The molecular formula is C69H135NO8. The predicted molar refractivity (Wildman–Crippen MR) is 332 cm³/mol. The molecule has 464 valence electrons. The average molecular weight is 1110 g/mol. The van der Waals surface area contributed by atoms with Gasteiger partial charge >= 0.3 is 0 Å². The normalized spacial score (nSPS) is 18.6. The first-order chi connectivity index (χ1) is 38.3. The van der Waals surface area contributed by atoms with Crippen molar-refractivity contribution in [2.24, 2.45) is 0 Å². The second-order valence-corrected chi connectivity index (χ2v) is 24.7. The molecule has 1 fully saturated rings. The topological polar surface area (TPSA) is 149 Å². The van der Waals surface area contributed by atoms with Crippen molar-refractivity contribution >= 4 is 5.91 Å². The second kappa shape index (κ2) is 59.1. The van der Waals surface area contributed by atoms with Gasteiger partial charge in [0.15, 0.2) is 6.29 Å². The summed E-state index contributed by atoms with van der Waals surface area (Å²) in [6.07, 6.45) is 69.0. The maximum atomic E-state index is 13.1. The standard InChI is InChI=1S/C69H135NO8/c1-3-5-7-9-11-13-15-17-19-21-23-25-26-27-28-29-30-31-32-33-34-35-36-37-39-41-43-45-47-49-51-53-55-57-59-65(73)70-62(61-77-69-68(76)67(75)66(74)64(60-71)78-69)63(72)58-56-54-52-50-48-46-44-42-40-38-24-22-20-18-16-14-12-10-8-6-4-2/h56,58,62-64,66-69,71-72,74-76H,3-55,57,59-61H2,1-2H3,(H,70,73)/b58-56+. The Morgan fingerprint density at radius 2 is 0.705 bits per heavy atom. The summed E-state index contributed by atoms with van der Waals surface area (Å²) in [5, 5.41) is 54.7. The molecule has 6 N–H and O–H groups in total. The maximum absolute atomic E-state index is 13.1. The highest BCUT2D eigenvalue weighted by atomic mass is 16.7. The number of rotatable bonds is 62. The Labute approximate surface area is 484 Å². The first kappa shape index (κ1) is 74.9. The summed E-state index contributed by atoms with van der Waals surface area (Å²) < 4.78 is 11.3. The highest BCUT2D eigenvalue weighted by molar-refractivity contribution is 5.76. The number of carbonyl (C=O) groups excluding carboxylic acids is 1. The summed E-state index contributed by atoms with van der Waals surface area (Å²) in [6, 6.07) is -0.802. The number of amides is 1. The number of allylic oxidation sites excluding steroid dienone is 1. The van der Waals surface area contributed by atoms with Gasteiger partial charge in [0.25, 0.3) is 0 Å².